The summed E-state index contributed by atoms with van der Waals surface area (Å²) in [5.41, 5.74) is 0. The van der Waals surface area contributed by atoms with E-state index in [0.29, 0.717) is 5.92 Å². The van der Waals surface area contributed by atoms with Crippen molar-refractivity contribution in [2.75, 3.05) is 6.54 Å². The largest absolute Gasteiger partial charge is 0.356 e. The second kappa shape index (κ2) is 2.86. The van der Waals surface area contributed by atoms with Crippen LogP contribution < -0.4 is 5.32 Å². The van der Waals surface area contributed by atoms with E-state index in [0.717, 1.165) is 13.0 Å². The number of carbonyl (C=O) groups excluding carboxylic acids is 1. The average molecular weight is 139 g/mol. The summed E-state index contributed by atoms with van der Waals surface area (Å²) < 4.78 is 0. The quantitative estimate of drug-likeness (QED) is 0.567. The van der Waals surface area contributed by atoms with Gasteiger partial charge in [-0.25, -0.2) is 0 Å². The van der Waals surface area contributed by atoms with Gasteiger partial charge in [-0.3, -0.25) is 4.79 Å². The van der Waals surface area contributed by atoms with E-state index in [9.17, 15) is 4.79 Å². The highest BCUT2D eigenvalue weighted by molar-refractivity contribution is 5.81. The molecule has 0 saturated carbocycles. The van der Waals surface area contributed by atoms with Gasteiger partial charge < -0.3 is 5.32 Å². The van der Waals surface area contributed by atoms with E-state index in [2.05, 4.69) is 11.9 Å². The van der Waals surface area contributed by atoms with Crippen molar-refractivity contribution in [1.82, 2.24) is 5.32 Å². The van der Waals surface area contributed by atoms with Crippen LogP contribution >= 0.6 is 0 Å². The maximum Gasteiger partial charge on any atom is 0.223 e. The molecule has 1 heterocycles. The molecule has 1 aliphatic heterocycles. The van der Waals surface area contributed by atoms with Gasteiger partial charge in [0, 0.05) is 12.5 Å². The van der Waals surface area contributed by atoms with Gasteiger partial charge >= 0.3 is 0 Å². The molecule has 0 aromatic heterocycles. The van der Waals surface area contributed by atoms with E-state index in [-0.39, 0.29) is 11.8 Å². The Morgan fingerprint density at radius 1 is 1.90 bits per heavy atom. The third-order valence-corrected chi connectivity index (χ3v) is 2.10. The summed E-state index contributed by atoms with van der Waals surface area (Å²) >= 11 is 0. The fourth-order valence-electron chi connectivity index (χ4n) is 1.28. The molecule has 0 aromatic carbocycles. The minimum atomic E-state index is 0.178. The van der Waals surface area contributed by atoms with Crippen molar-refractivity contribution in [1.29, 1.82) is 0 Å². The molecule has 2 unspecified atom stereocenters. The second-order valence-electron chi connectivity index (χ2n) is 2.78. The third-order valence-electron chi connectivity index (χ3n) is 2.10. The molecule has 1 saturated heterocycles. The number of amides is 1. The van der Waals surface area contributed by atoms with Crippen LogP contribution in [0.5, 0.6) is 0 Å². The second-order valence-corrected chi connectivity index (χ2v) is 2.78. The molecule has 10 heavy (non-hydrogen) atoms. The summed E-state index contributed by atoms with van der Waals surface area (Å²) in [6, 6.07) is 0. The van der Waals surface area contributed by atoms with Gasteiger partial charge in [0.1, 0.15) is 0 Å². The third kappa shape index (κ3) is 1.20. The van der Waals surface area contributed by atoms with Gasteiger partial charge in [-0.2, -0.15) is 0 Å². The monoisotopic (exact) mass is 139 g/mol. The first kappa shape index (κ1) is 7.32. The van der Waals surface area contributed by atoms with Gasteiger partial charge in [0.2, 0.25) is 5.91 Å². The lowest BCUT2D eigenvalue weighted by Gasteiger charge is -2.10. The van der Waals surface area contributed by atoms with Gasteiger partial charge in [0.25, 0.3) is 0 Å². The number of allylic oxidation sites excluding steroid dienone is 1. The molecule has 2 nitrogen and oxygen atoms in total. The van der Waals surface area contributed by atoms with E-state index < -0.39 is 0 Å². The summed E-state index contributed by atoms with van der Waals surface area (Å²) in [4.78, 5) is 11.0. The first-order valence-corrected chi connectivity index (χ1v) is 3.66. The maximum atomic E-state index is 11.0. The average Bonchev–Trinajstić information content (AvgIpc) is 2.34. The van der Waals surface area contributed by atoms with Gasteiger partial charge in [-0.05, 0) is 12.3 Å². The molecule has 1 rings (SSSR count). The number of hydrogen-bond donors (Lipinski definition) is 1. The lowest BCUT2D eigenvalue weighted by molar-refractivity contribution is -0.123. The van der Waals surface area contributed by atoms with Crippen molar-refractivity contribution in [2.24, 2.45) is 11.8 Å². The van der Waals surface area contributed by atoms with Crippen LogP contribution in [0.15, 0.2) is 12.7 Å². The molecule has 0 spiro atoms. The smallest absolute Gasteiger partial charge is 0.223 e. The Hall–Kier alpha value is -0.790. The molecule has 56 valence electrons. The molecule has 1 amide bonds. The van der Waals surface area contributed by atoms with E-state index in [1.807, 2.05) is 13.0 Å². The molecule has 0 aliphatic carbocycles. The Labute approximate surface area is 61.3 Å². The molecule has 0 aromatic rings. The van der Waals surface area contributed by atoms with Crippen molar-refractivity contribution in [3.63, 3.8) is 0 Å². The van der Waals surface area contributed by atoms with Crippen LogP contribution in [0, 0.1) is 11.8 Å². The van der Waals surface area contributed by atoms with Crippen LogP contribution in [0.2, 0.25) is 0 Å². The number of hydrogen-bond acceptors (Lipinski definition) is 1. The van der Waals surface area contributed by atoms with Crippen molar-refractivity contribution >= 4 is 5.91 Å². The van der Waals surface area contributed by atoms with Crippen LogP contribution in [0.4, 0.5) is 0 Å². The molecular formula is C8H13NO. The number of carbonyl (C=O) groups is 1. The van der Waals surface area contributed by atoms with Crippen molar-refractivity contribution in [3.05, 3.63) is 12.7 Å². The molecule has 0 bridgehead atoms. The fraction of sp³-hybridized carbons (Fsp3) is 0.625. The lowest BCUT2D eigenvalue weighted by atomic mass is 9.93. The van der Waals surface area contributed by atoms with Crippen LogP contribution in [0.25, 0.3) is 0 Å². The topological polar surface area (TPSA) is 29.1 Å². The zero-order valence-electron chi connectivity index (χ0n) is 6.26. The Balaban J connectivity index is 2.54. The van der Waals surface area contributed by atoms with E-state index in [1.165, 1.54) is 0 Å². The van der Waals surface area contributed by atoms with E-state index in [1.54, 1.807) is 0 Å². The van der Waals surface area contributed by atoms with Crippen molar-refractivity contribution in [2.45, 2.75) is 13.3 Å². The van der Waals surface area contributed by atoms with E-state index in [4.69, 9.17) is 0 Å². The summed E-state index contributed by atoms with van der Waals surface area (Å²) in [5, 5.41) is 2.80. The highest BCUT2D eigenvalue weighted by Gasteiger charge is 2.27. The fourth-order valence-corrected chi connectivity index (χ4v) is 1.28. The van der Waals surface area contributed by atoms with Crippen LogP contribution in [0.3, 0.4) is 0 Å². The standard InChI is InChI=1S/C8H13NO/c1-3-6(2)7-4-5-9-8(7)10/h3,6-7H,1,4-5H2,2H3,(H,9,10). The van der Waals surface area contributed by atoms with Crippen LogP contribution in [0.1, 0.15) is 13.3 Å². The highest BCUT2D eigenvalue weighted by Crippen LogP contribution is 2.19. The highest BCUT2D eigenvalue weighted by atomic mass is 16.2. The Morgan fingerprint density at radius 3 is 3.00 bits per heavy atom. The summed E-state index contributed by atoms with van der Waals surface area (Å²) in [6.07, 6.45) is 2.81. The maximum absolute atomic E-state index is 11.0. The number of rotatable bonds is 2. The van der Waals surface area contributed by atoms with Gasteiger partial charge in [-0.15, -0.1) is 6.58 Å². The van der Waals surface area contributed by atoms with Gasteiger partial charge in [0.05, 0.1) is 0 Å². The predicted octanol–water partition coefficient (Wildman–Crippen LogP) is 0.945. The van der Waals surface area contributed by atoms with Crippen LogP contribution in [-0.2, 0) is 4.79 Å². The Kier molecular flexibility index (Phi) is 2.10. The first-order chi connectivity index (χ1) is 4.75. The predicted molar refractivity (Wildman–Crippen MR) is 40.5 cm³/mol. The lowest BCUT2D eigenvalue weighted by Crippen LogP contribution is -2.22. The van der Waals surface area contributed by atoms with E-state index >= 15 is 0 Å². The zero-order valence-corrected chi connectivity index (χ0v) is 6.26. The SMILES string of the molecule is C=CC(C)C1CCNC1=O. The zero-order chi connectivity index (χ0) is 7.56. The first-order valence-electron chi connectivity index (χ1n) is 3.66. The van der Waals surface area contributed by atoms with Crippen LogP contribution in [-0.4, -0.2) is 12.5 Å². The minimum absolute atomic E-state index is 0.178. The Morgan fingerprint density at radius 2 is 2.60 bits per heavy atom. The van der Waals surface area contributed by atoms with Gasteiger partial charge in [-0.1, -0.05) is 13.0 Å². The number of nitrogens with one attached hydrogen (secondary N) is 1. The molecular weight excluding hydrogens is 126 g/mol. The summed E-state index contributed by atoms with van der Waals surface area (Å²) in [6.45, 7) is 6.52. The molecule has 1 N–H and O–H groups in total. The van der Waals surface area contributed by atoms with Crippen molar-refractivity contribution < 1.29 is 4.79 Å². The minimum Gasteiger partial charge on any atom is -0.356 e. The Bertz CT molecular complexity index is 153. The molecule has 0 radical (unpaired) electrons. The summed E-state index contributed by atoms with van der Waals surface area (Å²) in [5.74, 6) is 0.687. The van der Waals surface area contributed by atoms with Gasteiger partial charge in [0.15, 0.2) is 0 Å². The molecule has 2 heteroatoms. The molecule has 1 aliphatic rings. The molecule has 1 fully saturated rings. The normalized spacial score (nSPS) is 27.7. The summed E-state index contributed by atoms with van der Waals surface area (Å²) in [7, 11) is 0. The molecule has 2 atom stereocenters. The van der Waals surface area contributed by atoms with Crippen molar-refractivity contribution in [3.8, 4) is 0 Å².